The lowest BCUT2D eigenvalue weighted by molar-refractivity contribution is 0.0750. The van der Waals surface area contributed by atoms with Gasteiger partial charge in [0.15, 0.2) is 0 Å². The van der Waals surface area contributed by atoms with Crippen LogP contribution in [0.2, 0.25) is 0 Å². The first kappa shape index (κ1) is 13.1. The second kappa shape index (κ2) is 5.56. The van der Waals surface area contributed by atoms with Crippen LogP contribution in [-0.4, -0.2) is 44.6 Å². The Hall–Kier alpha value is -1.30. The first-order valence-corrected chi connectivity index (χ1v) is 7.30. The van der Waals surface area contributed by atoms with Crippen molar-refractivity contribution in [1.29, 1.82) is 0 Å². The van der Waals surface area contributed by atoms with Crippen molar-refractivity contribution in [3.63, 3.8) is 0 Å². The first-order chi connectivity index (χ1) is 8.56. The second-order valence-electron chi connectivity index (χ2n) is 4.56. The zero-order chi connectivity index (χ0) is 13.1. The van der Waals surface area contributed by atoms with Crippen LogP contribution in [0.1, 0.15) is 17.3 Å². The van der Waals surface area contributed by atoms with E-state index in [4.69, 9.17) is 0 Å². The Morgan fingerprint density at radius 3 is 3.06 bits per heavy atom. The minimum atomic E-state index is -0.869. The summed E-state index contributed by atoms with van der Waals surface area (Å²) in [5.74, 6) is 0.531. The minimum Gasteiger partial charge on any atom is -0.337 e. The van der Waals surface area contributed by atoms with Gasteiger partial charge in [0.25, 0.3) is 5.91 Å². The van der Waals surface area contributed by atoms with Crippen molar-refractivity contribution in [2.75, 3.05) is 24.6 Å². The molecular formula is C12H15FN2O2S. The lowest BCUT2D eigenvalue weighted by Gasteiger charge is -2.22. The number of pyridine rings is 1. The standard InChI is InChI=1S/C12H15FN2O2S/c1-9-7-15(2-3-18(17)8-9)12(16)10-4-11(13)6-14-5-10/h4-6,9H,2-3,7-8H2,1H3. The van der Waals surface area contributed by atoms with Crippen LogP contribution in [0.4, 0.5) is 4.39 Å². The van der Waals surface area contributed by atoms with Gasteiger partial charge in [-0.15, -0.1) is 0 Å². The Morgan fingerprint density at radius 1 is 1.56 bits per heavy atom. The number of halogens is 1. The van der Waals surface area contributed by atoms with Crippen LogP contribution in [-0.2, 0) is 10.8 Å². The highest BCUT2D eigenvalue weighted by atomic mass is 32.2. The molecule has 1 aromatic heterocycles. The van der Waals surface area contributed by atoms with Gasteiger partial charge < -0.3 is 4.90 Å². The molecule has 2 atom stereocenters. The molecule has 0 aliphatic carbocycles. The second-order valence-corrected chi connectivity index (χ2v) is 6.18. The Labute approximate surface area is 108 Å². The predicted molar refractivity (Wildman–Crippen MR) is 67.1 cm³/mol. The van der Waals surface area contributed by atoms with Gasteiger partial charge in [0.1, 0.15) is 5.82 Å². The van der Waals surface area contributed by atoms with Crippen molar-refractivity contribution in [2.24, 2.45) is 5.92 Å². The average Bonchev–Trinajstić information content (AvgIpc) is 2.49. The van der Waals surface area contributed by atoms with Gasteiger partial charge in [-0.1, -0.05) is 6.92 Å². The fourth-order valence-electron chi connectivity index (χ4n) is 2.03. The molecule has 18 heavy (non-hydrogen) atoms. The molecule has 6 heteroatoms. The van der Waals surface area contributed by atoms with Gasteiger partial charge in [0.2, 0.25) is 0 Å². The van der Waals surface area contributed by atoms with Crippen LogP contribution in [0.3, 0.4) is 0 Å². The van der Waals surface area contributed by atoms with Gasteiger partial charge in [-0.3, -0.25) is 14.0 Å². The molecule has 1 aliphatic rings. The molecule has 4 nitrogen and oxygen atoms in total. The molecule has 1 aromatic rings. The first-order valence-electron chi connectivity index (χ1n) is 5.81. The average molecular weight is 270 g/mol. The van der Waals surface area contributed by atoms with Gasteiger partial charge in [-0.2, -0.15) is 0 Å². The predicted octanol–water partition coefficient (Wildman–Crippen LogP) is 1.06. The van der Waals surface area contributed by atoms with Gasteiger partial charge in [0.05, 0.1) is 11.8 Å². The number of aromatic nitrogens is 1. The maximum atomic E-state index is 13.0. The van der Waals surface area contributed by atoms with Gasteiger partial charge >= 0.3 is 0 Å². The quantitative estimate of drug-likeness (QED) is 0.767. The Bertz CT molecular complexity index is 481. The summed E-state index contributed by atoms with van der Waals surface area (Å²) in [5.41, 5.74) is 0.245. The lowest BCUT2D eigenvalue weighted by atomic mass is 10.2. The summed E-state index contributed by atoms with van der Waals surface area (Å²) in [4.78, 5) is 17.5. The van der Waals surface area contributed by atoms with Crippen molar-refractivity contribution >= 4 is 16.7 Å². The SMILES string of the molecule is CC1CN(C(=O)c2cncc(F)c2)CCS(=O)C1. The topological polar surface area (TPSA) is 50.3 Å². The summed E-state index contributed by atoms with van der Waals surface area (Å²) in [7, 11) is -0.869. The molecular weight excluding hydrogens is 255 g/mol. The zero-order valence-corrected chi connectivity index (χ0v) is 11.0. The molecule has 0 radical (unpaired) electrons. The van der Waals surface area contributed by atoms with E-state index in [0.29, 0.717) is 24.6 Å². The number of amides is 1. The molecule has 0 saturated carbocycles. The molecule has 0 spiro atoms. The number of nitrogens with zero attached hydrogens (tertiary/aromatic N) is 2. The number of carbonyl (C=O) groups is 1. The van der Waals surface area contributed by atoms with E-state index < -0.39 is 16.6 Å². The molecule has 98 valence electrons. The largest absolute Gasteiger partial charge is 0.337 e. The van der Waals surface area contributed by atoms with Crippen LogP contribution >= 0.6 is 0 Å². The van der Waals surface area contributed by atoms with Crippen LogP contribution in [0.15, 0.2) is 18.5 Å². The number of rotatable bonds is 1. The molecule has 0 bridgehead atoms. The van der Waals surface area contributed by atoms with Gasteiger partial charge in [-0.05, 0) is 12.0 Å². The molecule has 2 unspecified atom stereocenters. The summed E-state index contributed by atoms with van der Waals surface area (Å²) in [6.45, 7) is 2.97. The van der Waals surface area contributed by atoms with Crippen molar-refractivity contribution in [1.82, 2.24) is 9.88 Å². The Morgan fingerprint density at radius 2 is 2.33 bits per heavy atom. The van der Waals surface area contributed by atoms with E-state index >= 15 is 0 Å². The van der Waals surface area contributed by atoms with Crippen LogP contribution < -0.4 is 0 Å². The van der Waals surface area contributed by atoms with E-state index in [0.717, 1.165) is 6.20 Å². The van der Waals surface area contributed by atoms with Crippen LogP contribution in [0.5, 0.6) is 0 Å². The molecule has 1 amide bonds. The summed E-state index contributed by atoms with van der Waals surface area (Å²) < 4.78 is 24.6. The van der Waals surface area contributed by atoms with E-state index in [1.807, 2.05) is 6.92 Å². The third-order valence-electron chi connectivity index (χ3n) is 2.83. The van der Waals surface area contributed by atoms with Crippen LogP contribution in [0, 0.1) is 11.7 Å². The van der Waals surface area contributed by atoms with Crippen molar-refractivity contribution in [3.05, 3.63) is 29.8 Å². The fraction of sp³-hybridized carbons (Fsp3) is 0.500. The van der Waals surface area contributed by atoms with E-state index in [-0.39, 0.29) is 17.4 Å². The molecule has 2 rings (SSSR count). The third kappa shape index (κ3) is 3.13. The van der Waals surface area contributed by atoms with Gasteiger partial charge in [0, 0.05) is 41.6 Å². The van der Waals surface area contributed by atoms with Crippen molar-refractivity contribution in [3.8, 4) is 0 Å². The number of hydrogen-bond donors (Lipinski definition) is 0. The zero-order valence-electron chi connectivity index (χ0n) is 10.1. The minimum absolute atomic E-state index is 0.193. The van der Waals surface area contributed by atoms with E-state index in [2.05, 4.69) is 4.98 Å². The third-order valence-corrected chi connectivity index (χ3v) is 4.41. The smallest absolute Gasteiger partial charge is 0.255 e. The van der Waals surface area contributed by atoms with E-state index in [1.165, 1.54) is 12.3 Å². The Kier molecular flexibility index (Phi) is 4.06. The molecule has 1 aliphatic heterocycles. The van der Waals surface area contributed by atoms with E-state index in [9.17, 15) is 13.4 Å². The summed E-state index contributed by atoms with van der Waals surface area (Å²) in [6.07, 6.45) is 2.43. The molecule has 1 fully saturated rings. The van der Waals surface area contributed by atoms with Gasteiger partial charge in [-0.25, -0.2) is 4.39 Å². The van der Waals surface area contributed by atoms with Crippen molar-refractivity contribution in [2.45, 2.75) is 6.92 Å². The van der Waals surface area contributed by atoms with E-state index in [1.54, 1.807) is 4.90 Å². The molecule has 1 saturated heterocycles. The number of carbonyl (C=O) groups excluding carboxylic acids is 1. The Balaban J connectivity index is 2.15. The molecule has 0 aromatic carbocycles. The summed E-state index contributed by atoms with van der Waals surface area (Å²) in [5, 5.41) is 0. The highest BCUT2D eigenvalue weighted by Crippen LogP contribution is 2.12. The van der Waals surface area contributed by atoms with Crippen LogP contribution in [0.25, 0.3) is 0 Å². The number of hydrogen-bond acceptors (Lipinski definition) is 3. The lowest BCUT2D eigenvalue weighted by Crippen LogP contribution is -2.35. The highest BCUT2D eigenvalue weighted by molar-refractivity contribution is 7.85. The maximum absolute atomic E-state index is 13.0. The highest BCUT2D eigenvalue weighted by Gasteiger charge is 2.23. The summed E-state index contributed by atoms with van der Waals surface area (Å²) in [6, 6.07) is 1.18. The normalized spacial score (nSPS) is 24.7. The summed E-state index contributed by atoms with van der Waals surface area (Å²) >= 11 is 0. The monoisotopic (exact) mass is 270 g/mol. The maximum Gasteiger partial charge on any atom is 0.255 e. The molecule has 2 heterocycles. The van der Waals surface area contributed by atoms with Crippen molar-refractivity contribution < 1.29 is 13.4 Å². The fourth-order valence-corrected chi connectivity index (χ4v) is 3.36. The molecule has 0 N–H and O–H groups in total.